The first kappa shape index (κ1) is 30.3. The molecule has 0 aromatic heterocycles. The van der Waals surface area contributed by atoms with Crippen LogP contribution in [-0.2, 0) is 37.2 Å². The van der Waals surface area contributed by atoms with Gasteiger partial charge in [-0.2, -0.15) is 0 Å². The van der Waals surface area contributed by atoms with E-state index in [9.17, 15) is 19.3 Å². The molecule has 0 amide bonds. The minimum Gasteiger partial charge on any atom is -0.458 e. The van der Waals surface area contributed by atoms with Gasteiger partial charge < -0.3 is 25.2 Å². The molecule has 1 fully saturated rings. The van der Waals surface area contributed by atoms with Crippen LogP contribution in [0.4, 0.5) is 0 Å². The van der Waals surface area contributed by atoms with Gasteiger partial charge in [-0.3, -0.25) is 13.6 Å². The number of phosphoric acid groups is 1. The quantitative estimate of drug-likeness (QED) is 0.303. The average Bonchev–Trinajstić information content (AvgIpc) is 3.07. The van der Waals surface area contributed by atoms with Crippen LogP contribution in [-0.4, -0.2) is 75.5 Å². The van der Waals surface area contributed by atoms with Crippen LogP contribution < -0.4 is 5.73 Å². The van der Waals surface area contributed by atoms with E-state index in [0.29, 0.717) is 18.1 Å². The van der Waals surface area contributed by atoms with E-state index in [2.05, 4.69) is 11.6 Å². The average molecular weight is 550 g/mol. The summed E-state index contributed by atoms with van der Waals surface area (Å²) in [5.41, 5.74) is 4.10. The van der Waals surface area contributed by atoms with Crippen molar-refractivity contribution in [2.24, 2.45) is 10.7 Å². The SMILES string of the molecule is C=C1N=C(N)C=CN1[C@H]1CC(O)[C@@H](COP(=O)(OCC(=O)OC(C)(C)C)OCC(=O)OC(C)(C)C)S1. The zero-order valence-corrected chi connectivity index (χ0v) is 23.2. The number of esters is 2. The number of hydrogen-bond acceptors (Lipinski definition) is 13. The lowest BCUT2D eigenvalue weighted by molar-refractivity contribution is -0.158. The molecule has 0 aromatic rings. The first-order chi connectivity index (χ1) is 16.5. The minimum atomic E-state index is -4.42. The summed E-state index contributed by atoms with van der Waals surface area (Å²) in [6, 6.07) is 0. The summed E-state index contributed by atoms with van der Waals surface area (Å²) in [6.45, 7) is 12.2. The van der Waals surface area contributed by atoms with Gasteiger partial charge in [0.2, 0.25) is 0 Å². The molecule has 0 aromatic carbocycles. The fraction of sp³-hybridized carbons (Fsp3) is 0.682. The van der Waals surface area contributed by atoms with E-state index in [0.717, 1.165) is 0 Å². The van der Waals surface area contributed by atoms with E-state index in [1.54, 1.807) is 58.7 Å². The van der Waals surface area contributed by atoms with Crippen molar-refractivity contribution >= 4 is 37.4 Å². The van der Waals surface area contributed by atoms with Crippen LogP contribution >= 0.6 is 19.6 Å². The Labute approximate surface area is 215 Å². The molecular weight excluding hydrogens is 513 g/mol. The highest BCUT2D eigenvalue weighted by Crippen LogP contribution is 2.51. The second-order valence-corrected chi connectivity index (χ2v) is 13.2. The maximum atomic E-state index is 13.2. The standard InChI is InChI=1S/C22H36N3O9PS/c1-14-24-17(23)8-9-25(14)18-10-15(26)16(36-18)11-30-35(29,31-12-19(27)33-21(2,3)4)32-13-20(28)34-22(5,6)7/h8-9,15-16,18,26H,1,10-13H2,2-7H3,(H2,23,24)/t15?,16-,18-/m1/s1. The van der Waals surface area contributed by atoms with Crippen molar-refractivity contribution in [3.05, 3.63) is 24.7 Å². The maximum absolute atomic E-state index is 13.2. The molecule has 12 nitrogen and oxygen atoms in total. The molecular formula is C22H36N3O9PS. The summed E-state index contributed by atoms with van der Waals surface area (Å²) in [6.07, 6.45) is 2.86. The van der Waals surface area contributed by atoms with Gasteiger partial charge in [-0.25, -0.2) is 19.1 Å². The molecule has 2 aliphatic heterocycles. The summed E-state index contributed by atoms with van der Waals surface area (Å²) in [5.74, 6) is -0.839. The second kappa shape index (κ2) is 12.1. The van der Waals surface area contributed by atoms with Crippen LogP contribution in [0.2, 0.25) is 0 Å². The van der Waals surface area contributed by atoms with E-state index in [4.69, 9.17) is 28.8 Å². The summed E-state index contributed by atoms with van der Waals surface area (Å²) >= 11 is 1.35. The highest BCUT2D eigenvalue weighted by molar-refractivity contribution is 8.00. The predicted octanol–water partition coefficient (Wildman–Crippen LogP) is 2.68. The molecule has 1 saturated heterocycles. The molecule has 14 heteroatoms. The number of nitrogens with two attached hydrogens (primary N) is 1. The van der Waals surface area contributed by atoms with Gasteiger partial charge in [0.25, 0.3) is 0 Å². The molecule has 3 N–H and O–H groups in total. The van der Waals surface area contributed by atoms with Crippen LogP contribution in [0.25, 0.3) is 0 Å². The zero-order chi connectivity index (χ0) is 27.3. The van der Waals surface area contributed by atoms with Gasteiger partial charge in [-0.05, 0) is 47.6 Å². The Balaban J connectivity index is 2.02. The van der Waals surface area contributed by atoms with Crippen LogP contribution in [0.1, 0.15) is 48.0 Å². The third kappa shape index (κ3) is 10.2. The number of carbonyl (C=O) groups excluding carboxylic acids is 2. The van der Waals surface area contributed by atoms with Crippen molar-refractivity contribution in [2.45, 2.75) is 75.9 Å². The largest absolute Gasteiger partial charge is 0.475 e. The number of nitrogens with zero attached hydrogens (tertiary/aromatic N) is 2. The number of rotatable bonds is 10. The van der Waals surface area contributed by atoms with E-state index >= 15 is 0 Å². The zero-order valence-electron chi connectivity index (χ0n) is 21.5. The van der Waals surface area contributed by atoms with Crippen molar-refractivity contribution in [1.82, 2.24) is 4.90 Å². The van der Waals surface area contributed by atoms with Crippen LogP contribution in [0.15, 0.2) is 29.7 Å². The van der Waals surface area contributed by atoms with E-state index in [1.165, 1.54) is 11.8 Å². The predicted molar refractivity (Wildman–Crippen MR) is 135 cm³/mol. The van der Waals surface area contributed by atoms with E-state index in [-0.39, 0.29) is 12.0 Å². The van der Waals surface area contributed by atoms with Crippen molar-refractivity contribution in [3.63, 3.8) is 0 Å². The van der Waals surface area contributed by atoms with Crippen molar-refractivity contribution < 1.29 is 42.3 Å². The molecule has 0 aliphatic carbocycles. The highest BCUT2D eigenvalue weighted by Gasteiger charge is 2.40. The molecule has 1 unspecified atom stereocenters. The number of aliphatic hydroxyl groups is 1. The number of ether oxygens (including phenoxy) is 2. The third-order valence-electron chi connectivity index (χ3n) is 4.39. The molecule has 0 radical (unpaired) electrons. The normalized spacial score (nSPS) is 23.0. The lowest BCUT2D eigenvalue weighted by Gasteiger charge is -2.28. The summed E-state index contributed by atoms with van der Waals surface area (Å²) in [5, 5.41) is 9.81. The molecule has 36 heavy (non-hydrogen) atoms. The van der Waals surface area contributed by atoms with Crippen molar-refractivity contribution in [2.75, 3.05) is 19.8 Å². The number of phosphoric ester groups is 1. The second-order valence-electron chi connectivity index (χ2n) is 10.1. The Bertz CT molecular complexity index is 906. The first-order valence-electron chi connectivity index (χ1n) is 11.3. The monoisotopic (exact) mass is 549 g/mol. The molecule has 2 rings (SSSR count). The van der Waals surface area contributed by atoms with Gasteiger partial charge in [0.05, 0.1) is 23.3 Å². The van der Waals surface area contributed by atoms with Gasteiger partial charge >= 0.3 is 19.8 Å². The fourth-order valence-corrected chi connectivity index (χ4v) is 5.74. The fourth-order valence-electron chi connectivity index (χ4n) is 3.07. The molecule has 3 atom stereocenters. The van der Waals surface area contributed by atoms with Gasteiger partial charge in [0, 0.05) is 12.6 Å². The van der Waals surface area contributed by atoms with Crippen molar-refractivity contribution in [3.8, 4) is 0 Å². The molecule has 2 aliphatic rings. The maximum Gasteiger partial charge on any atom is 0.475 e. The van der Waals surface area contributed by atoms with Gasteiger partial charge in [-0.15, -0.1) is 11.8 Å². The summed E-state index contributed by atoms with van der Waals surface area (Å²) in [4.78, 5) is 30.0. The highest BCUT2D eigenvalue weighted by atomic mass is 32.2. The van der Waals surface area contributed by atoms with Gasteiger partial charge in [0.1, 0.15) is 22.9 Å². The Morgan fingerprint density at radius 1 is 1.14 bits per heavy atom. The van der Waals surface area contributed by atoms with Crippen LogP contribution in [0.5, 0.6) is 0 Å². The van der Waals surface area contributed by atoms with Crippen molar-refractivity contribution in [1.29, 1.82) is 0 Å². The van der Waals surface area contributed by atoms with Crippen LogP contribution in [0.3, 0.4) is 0 Å². The van der Waals surface area contributed by atoms with Gasteiger partial charge in [-0.1, -0.05) is 6.58 Å². The van der Waals surface area contributed by atoms with Crippen LogP contribution in [0, 0.1) is 0 Å². The topological polar surface area (TPSA) is 159 Å². The lowest BCUT2D eigenvalue weighted by atomic mass is 10.2. The lowest BCUT2D eigenvalue weighted by Crippen LogP contribution is -2.29. The Morgan fingerprint density at radius 3 is 2.14 bits per heavy atom. The number of hydrogen-bond donors (Lipinski definition) is 2. The summed E-state index contributed by atoms with van der Waals surface area (Å²) in [7, 11) is -4.42. The molecule has 0 bridgehead atoms. The first-order valence-corrected chi connectivity index (χ1v) is 13.7. The van der Waals surface area contributed by atoms with Gasteiger partial charge in [0.15, 0.2) is 13.2 Å². The number of thioether (sulfide) groups is 1. The molecule has 0 saturated carbocycles. The van der Waals surface area contributed by atoms with E-state index in [1.807, 2.05) is 0 Å². The Hall–Kier alpha value is -1.89. The molecule has 2 heterocycles. The smallest absolute Gasteiger partial charge is 0.458 e. The number of carbonyl (C=O) groups is 2. The Morgan fingerprint density at radius 2 is 1.67 bits per heavy atom. The number of aliphatic imine (C=N–C) groups is 1. The third-order valence-corrected chi connectivity index (χ3v) is 7.28. The number of aliphatic hydroxyl groups excluding tert-OH is 1. The minimum absolute atomic E-state index is 0.223. The van der Waals surface area contributed by atoms with E-state index < -0.39 is 55.5 Å². The summed E-state index contributed by atoms with van der Waals surface area (Å²) < 4.78 is 39.3. The number of amidine groups is 1. The Kier molecular flexibility index (Phi) is 10.2. The molecule has 0 spiro atoms. The molecule has 204 valence electrons.